The van der Waals surface area contributed by atoms with E-state index < -0.39 is 5.91 Å². The Labute approximate surface area is 202 Å². The SMILES string of the molecule is CC#CC(=O)N1CCC(Nc2nnc(C(N)=O)c(Nc3ccc(C(=O)N4CCOCC4)cc3)n2)C1. The number of carbonyl (C=O) groups is 3. The molecule has 0 bridgehead atoms. The highest BCUT2D eigenvalue weighted by Gasteiger charge is 2.26. The van der Waals surface area contributed by atoms with Crippen LogP contribution >= 0.6 is 0 Å². The maximum atomic E-state index is 12.6. The molecule has 0 saturated carbocycles. The number of rotatable bonds is 6. The van der Waals surface area contributed by atoms with Crippen molar-refractivity contribution in [2.75, 3.05) is 50.0 Å². The monoisotopic (exact) mass is 478 g/mol. The predicted molar refractivity (Wildman–Crippen MR) is 127 cm³/mol. The van der Waals surface area contributed by atoms with Crippen LogP contribution in [0.1, 0.15) is 34.2 Å². The molecule has 2 fully saturated rings. The Bertz CT molecular complexity index is 1170. The summed E-state index contributed by atoms with van der Waals surface area (Å²) in [7, 11) is 0. The Kier molecular flexibility index (Phi) is 7.37. The third kappa shape index (κ3) is 5.82. The molecule has 35 heavy (non-hydrogen) atoms. The summed E-state index contributed by atoms with van der Waals surface area (Å²) in [6.07, 6.45) is 0.694. The number of aromatic nitrogens is 3. The number of benzene rings is 1. The topological polar surface area (TPSA) is 156 Å². The summed E-state index contributed by atoms with van der Waals surface area (Å²) in [5.41, 5.74) is 6.47. The first-order chi connectivity index (χ1) is 16.9. The number of hydrogen-bond acceptors (Lipinski definition) is 9. The minimum Gasteiger partial charge on any atom is -0.378 e. The molecule has 1 aromatic carbocycles. The van der Waals surface area contributed by atoms with Gasteiger partial charge in [0.05, 0.1) is 13.2 Å². The Morgan fingerprint density at radius 3 is 2.51 bits per heavy atom. The van der Waals surface area contributed by atoms with Gasteiger partial charge in [-0.1, -0.05) is 5.92 Å². The van der Waals surface area contributed by atoms with E-state index in [2.05, 4.69) is 37.7 Å². The highest BCUT2D eigenvalue weighted by Crippen LogP contribution is 2.21. The number of nitrogens with one attached hydrogen (secondary N) is 2. The minimum atomic E-state index is -0.783. The minimum absolute atomic E-state index is 0.0677. The largest absolute Gasteiger partial charge is 0.378 e. The van der Waals surface area contributed by atoms with Crippen molar-refractivity contribution in [3.05, 3.63) is 35.5 Å². The van der Waals surface area contributed by atoms with E-state index in [1.165, 1.54) is 0 Å². The molecule has 2 aromatic rings. The highest BCUT2D eigenvalue weighted by atomic mass is 16.5. The number of nitrogens with two attached hydrogens (primary N) is 1. The molecule has 1 atom stereocenters. The number of amides is 3. The molecule has 12 heteroatoms. The van der Waals surface area contributed by atoms with E-state index in [-0.39, 0.29) is 35.3 Å². The Balaban J connectivity index is 1.45. The molecule has 4 N–H and O–H groups in total. The van der Waals surface area contributed by atoms with Crippen LogP contribution in [0, 0.1) is 11.8 Å². The molecule has 4 rings (SSSR count). The fourth-order valence-electron chi connectivity index (χ4n) is 3.85. The number of hydrogen-bond donors (Lipinski definition) is 3. The van der Waals surface area contributed by atoms with E-state index >= 15 is 0 Å². The lowest BCUT2D eigenvalue weighted by Crippen LogP contribution is -2.40. The van der Waals surface area contributed by atoms with E-state index in [1.807, 2.05) is 0 Å². The van der Waals surface area contributed by atoms with Gasteiger partial charge >= 0.3 is 0 Å². The number of nitrogens with zero attached hydrogens (tertiary/aromatic N) is 5. The van der Waals surface area contributed by atoms with Crippen LogP contribution in [0.15, 0.2) is 24.3 Å². The maximum absolute atomic E-state index is 12.6. The van der Waals surface area contributed by atoms with Gasteiger partial charge in [0.25, 0.3) is 17.7 Å². The lowest BCUT2D eigenvalue weighted by atomic mass is 10.1. The molecule has 0 radical (unpaired) electrons. The quantitative estimate of drug-likeness (QED) is 0.494. The van der Waals surface area contributed by atoms with Gasteiger partial charge in [-0.25, -0.2) is 0 Å². The van der Waals surface area contributed by atoms with Crippen molar-refractivity contribution in [3.8, 4) is 11.8 Å². The molecule has 1 unspecified atom stereocenters. The second-order valence-corrected chi connectivity index (χ2v) is 8.06. The number of anilines is 3. The maximum Gasteiger partial charge on any atom is 0.298 e. The average molecular weight is 479 g/mol. The third-order valence-corrected chi connectivity index (χ3v) is 5.65. The molecule has 3 amide bonds. The smallest absolute Gasteiger partial charge is 0.298 e. The fraction of sp³-hybridized carbons (Fsp3) is 0.391. The third-order valence-electron chi connectivity index (χ3n) is 5.65. The van der Waals surface area contributed by atoms with Crippen molar-refractivity contribution in [2.45, 2.75) is 19.4 Å². The first-order valence-corrected chi connectivity index (χ1v) is 11.2. The molecule has 182 valence electrons. The fourth-order valence-corrected chi connectivity index (χ4v) is 3.85. The summed E-state index contributed by atoms with van der Waals surface area (Å²) in [4.78, 5) is 44.2. The first kappa shape index (κ1) is 23.9. The molecule has 1 aromatic heterocycles. The number of primary amides is 1. The van der Waals surface area contributed by atoms with Crippen LogP contribution in [0.2, 0.25) is 0 Å². The van der Waals surface area contributed by atoms with Gasteiger partial charge in [-0.2, -0.15) is 4.98 Å². The summed E-state index contributed by atoms with van der Waals surface area (Å²) < 4.78 is 5.29. The first-order valence-electron chi connectivity index (χ1n) is 11.2. The Morgan fingerprint density at radius 2 is 1.83 bits per heavy atom. The van der Waals surface area contributed by atoms with Gasteiger partial charge in [-0.05, 0) is 43.5 Å². The van der Waals surface area contributed by atoms with Gasteiger partial charge in [0, 0.05) is 43.5 Å². The zero-order valence-electron chi connectivity index (χ0n) is 19.3. The highest BCUT2D eigenvalue weighted by molar-refractivity contribution is 5.97. The summed E-state index contributed by atoms with van der Waals surface area (Å²) in [6, 6.07) is 6.73. The second kappa shape index (κ2) is 10.8. The lowest BCUT2D eigenvalue weighted by molar-refractivity contribution is -0.124. The Hall–Kier alpha value is -4.24. The van der Waals surface area contributed by atoms with E-state index in [0.717, 1.165) is 0 Å². The molecule has 3 heterocycles. The summed E-state index contributed by atoms with van der Waals surface area (Å²) in [5.74, 6) is 4.39. The van der Waals surface area contributed by atoms with Crippen LogP contribution < -0.4 is 16.4 Å². The number of carbonyl (C=O) groups excluding carboxylic acids is 3. The van der Waals surface area contributed by atoms with Crippen molar-refractivity contribution in [1.29, 1.82) is 0 Å². The molecular weight excluding hydrogens is 452 g/mol. The van der Waals surface area contributed by atoms with Crippen LogP contribution in [0.5, 0.6) is 0 Å². The second-order valence-electron chi connectivity index (χ2n) is 8.06. The predicted octanol–water partition coefficient (Wildman–Crippen LogP) is 0.223. The van der Waals surface area contributed by atoms with Crippen LogP contribution in [-0.2, 0) is 9.53 Å². The van der Waals surface area contributed by atoms with Crippen LogP contribution in [0.25, 0.3) is 0 Å². The summed E-state index contributed by atoms with van der Waals surface area (Å²) in [5, 5.41) is 14.0. The van der Waals surface area contributed by atoms with Crippen molar-refractivity contribution in [3.63, 3.8) is 0 Å². The molecule has 0 spiro atoms. The zero-order valence-corrected chi connectivity index (χ0v) is 19.3. The standard InChI is InChI=1S/C23H26N8O4/c1-2-3-18(32)31-9-8-17(14-31)26-23-27-21(19(20(24)33)28-29-23)25-16-6-4-15(5-7-16)22(34)30-10-12-35-13-11-30/h4-7,17H,8-14H2,1H3,(H2,24,33)(H2,25,26,27,29). The van der Waals surface area contributed by atoms with E-state index in [4.69, 9.17) is 10.5 Å². The van der Waals surface area contributed by atoms with Crippen molar-refractivity contribution in [2.24, 2.45) is 5.73 Å². The van der Waals surface area contributed by atoms with Crippen molar-refractivity contribution >= 4 is 35.2 Å². The van der Waals surface area contributed by atoms with Gasteiger partial charge in [0.2, 0.25) is 5.95 Å². The van der Waals surface area contributed by atoms with Crippen molar-refractivity contribution < 1.29 is 19.1 Å². The normalized spacial score (nSPS) is 17.3. The zero-order chi connectivity index (χ0) is 24.8. The number of morpholine rings is 1. The average Bonchev–Trinajstić information content (AvgIpc) is 3.33. The van der Waals surface area contributed by atoms with E-state index in [9.17, 15) is 14.4 Å². The van der Waals surface area contributed by atoms with E-state index in [1.54, 1.807) is 41.0 Å². The molecule has 2 aliphatic rings. The Morgan fingerprint density at radius 1 is 1.09 bits per heavy atom. The lowest BCUT2D eigenvalue weighted by Gasteiger charge is -2.26. The van der Waals surface area contributed by atoms with Crippen LogP contribution in [-0.4, -0.2) is 88.1 Å². The van der Waals surface area contributed by atoms with Gasteiger partial charge < -0.3 is 30.9 Å². The molecule has 2 saturated heterocycles. The van der Waals surface area contributed by atoms with Gasteiger partial charge in [0.1, 0.15) is 0 Å². The van der Waals surface area contributed by atoms with Gasteiger partial charge in [-0.3, -0.25) is 14.4 Å². The molecular formula is C23H26N8O4. The van der Waals surface area contributed by atoms with Gasteiger partial charge in [0.15, 0.2) is 11.5 Å². The molecule has 12 nitrogen and oxygen atoms in total. The van der Waals surface area contributed by atoms with Gasteiger partial charge in [-0.15, -0.1) is 10.2 Å². The van der Waals surface area contributed by atoms with Crippen LogP contribution in [0.4, 0.5) is 17.5 Å². The molecule has 2 aliphatic heterocycles. The van der Waals surface area contributed by atoms with E-state index in [0.29, 0.717) is 57.1 Å². The summed E-state index contributed by atoms with van der Waals surface area (Å²) >= 11 is 0. The molecule has 0 aliphatic carbocycles. The van der Waals surface area contributed by atoms with Crippen molar-refractivity contribution in [1.82, 2.24) is 25.0 Å². The number of likely N-dealkylation sites (tertiary alicyclic amines) is 1. The van der Waals surface area contributed by atoms with Crippen LogP contribution in [0.3, 0.4) is 0 Å². The summed E-state index contributed by atoms with van der Waals surface area (Å²) in [6.45, 7) is 4.81. The number of ether oxygens (including phenoxy) is 1.